The monoisotopic (exact) mass is 331 g/mol. The van der Waals surface area contributed by atoms with Gasteiger partial charge in [-0.25, -0.2) is 9.98 Å². The zero-order chi connectivity index (χ0) is 15.5. The zero-order valence-electron chi connectivity index (χ0n) is 11.2. The minimum atomic E-state index is -0.263. The molecule has 1 fully saturated rings. The molecule has 2 heterocycles. The predicted octanol–water partition coefficient (Wildman–Crippen LogP) is 3.33. The van der Waals surface area contributed by atoms with Gasteiger partial charge in [0.25, 0.3) is 5.91 Å². The van der Waals surface area contributed by atoms with E-state index in [0.29, 0.717) is 26.5 Å². The molecule has 1 aliphatic heterocycles. The van der Waals surface area contributed by atoms with Crippen LogP contribution in [0.3, 0.4) is 0 Å². The van der Waals surface area contributed by atoms with Gasteiger partial charge in [-0.2, -0.15) is 0 Å². The first-order valence-corrected chi connectivity index (χ1v) is 7.50. The molecule has 2 aromatic rings. The van der Waals surface area contributed by atoms with Gasteiger partial charge < -0.3 is 10.4 Å². The van der Waals surface area contributed by atoms with E-state index in [1.54, 1.807) is 42.5 Å². The molecule has 1 aromatic heterocycles. The van der Waals surface area contributed by atoms with Crippen molar-refractivity contribution in [2.75, 3.05) is 0 Å². The molecule has 2 N–H and O–H groups in total. The number of phenols is 1. The first-order valence-electron chi connectivity index (χ1n) is 6.31. The van der Waals surface area contributed by atoms with E-state index in [1.807, 2.05) is 0 Å². The number of amides is 1. The van der Waals surface area contributed by atoms with Crippen LogP contribution >= 0.6 is 23.4 Å². The molecule has 0 spiro atoms. The van der Waals surface area contributed by atoms with Crippen molar-refractivity contribution < 1.29 is 9.90 Å². The molecule has 5 nitrogen and oxygen atoms in total. The zero-order valence-corrected chi connectivity index (χ0v) is 12.7. The number of aromatic hydroxyl groups is 1. The quantitative estimate of drug-likeness (QED) is 0.828. The molecule has 3 rings (SSSR count). The molecule has 0 unspecified atom stereocenters. The van der Waals surface area contributed by atoms with Crippen molar-refractivity contribution in [3.63, 3.8) is 0 Å². The number of para-hydroxylation sites is 1. The second kappa shape index (κ2) is 6.21. The van der Waals surface area contributed by atoms with Crippen molar-refractivity contribution in [2.45, 2.75) is 0 Å². The van der Waals surface area contributed by atoms with E-state index in [-0.39, 0.29) is 11.7 Å². The number of aliphatic imine (C=N–C) groups is 1. The fourth-order valence-electron chi connectivity index (χ4n) is 1.77. The van der Waals surface area contributed by atoms with Gasteiger partial charge in [-0.15, -0.1) is 0 Å². The lowest BCUT2D eigenvalue weighted by molar-refractivity contribution is -0.115. The second-order valence-electron chi connectivity index (χ2n) is 4.38. The summed E-state index contributed by atoms with van der Waals surface area (Å²) < 4.78 is 0. The van der Waals surface area contributed by atoms with Crippen LogP contribution in [-0.4, -0.2) is 21.2 Å². The summed E-state index contributed by atoms with van der Waals surface area (Å²) in [5.74, 6) is 0.310. The molecule has 7 heteroatoms. The number of amidine groups is 1. The van der Waals surface area contributed by atoms with Crippen LogP contribution in [0.5, 0.6) is 5.75 Å². The van der Waals surface area contributed by atoms with E-state index in [0.717, 1.165) is 0 Å². The lowest BCUT2D eigenvalue weighted by Gasteiger charge is -1.98. The average molecular weight is 332 g/mol. The lowest BCUT2D eigenvalue weighted by atomic mass is 10.2. The summed E-state index contributed by atoms with van der Waals surface area (Å²) in [6.45, 7) is 0. The normalized spacial score (nSPS) is 18.0. The highest BCUT2D eigenvalue weighted by atomic mass is 35.5. The Morgan fingerprint density at radius 3 is 2.82 bits per heavy atom. The smallest absolute Gasteiger partial charge is 0.264 e. The Kier molecular flexibility index (Phi) is 4.13. The van der Waals surface area contributed by atoms with E-state index in [1.165, 1.54) is 18.0 Å². The Hall–Kier alpha value is -2.31. The first kappa shape index (κ1) is 14.6. The second-order valence-corrected chi connectivity index (χ2v) is 5.84. The molecule has 0 bridgehead atoms. The average Bonchev–Trinajstić information content (AvgIpc) is 2.84. The fraction of sp³-hybridized carbons (Fsp3) is 0. The van der Waals surface area contributed by atoms with Gasteiger partial charge in [0.05, 0.1) is 9.93 Å². The van der Waals surface area contributed by atoms with E-state index in [2.05, 4.69) is 15.3 Å². The van der Waals surface area contributed by atoms with Crippen LogP contribution in [0.25, 0.3) is 6.08 Å². The van der Waals surface area contributed by atoms with Crippen molar-refractivity contribution >= 4 is 46.3 Å². The summed E-state index contributed by atoms with van der Waals surface area (Å²) in [7, 11) is 0. The van der Waals surface area contributed by atoms with Gasteiger partial charge >= 0.3 is 0 Å². The van der Waals surface area contributed by atoms with E-state index < -0.39 is 0 Å². The molecule has 0 atom stereocenters. The van der Waals surface area contributed by atoms with Crippen LogP contribution in [-0.2, 0) is 4.79 Å². The first-order chi connectivity index (χ1) is 10.6. The maximum absolute atomic E-state index is 11.9. The van der Waals surface area contributed by atoms with Gasteiger partial charge in [-0.05, 0) is 36.0 Å². The van der Waals surface area contributed by atoms with Gasteiger partial charge in [0, 0.05) is 11.8 Å². The Morgan fingerprint density at radius 2 is 2.09 bits per heavy atom. The molecule has 1 amide bonds. The number of hydrogen-bond donors (Lipinski definition) is 2. The van der Waals surface area contributed by atoms with Crippen LogP contribution in [0.4, 0.5) is 5.82 Å². The molecule has 1 aliphatic rings. The van der Waals surface area contributed by atoms with Gasteiger partial charge in [0.15, 0.2) is 11.0 Å². The third-order valence-electron chi connectivity index (χ3n) is 2.80. The molecule has 0 radical (unpaired) electrons. The molecule has 1 aromatic carbocycles. The summed E-state index contributed by atoms with van der Waals surface area (Å²) in [6, 6.07) is 10.1. The Balaban J connectivity index is 1.84. The highest BCUT2D eigenvalue weighted by molar-refractivity contribution is 8.18. The predicted molar refractivity (Wildman–Crippen MR) is 88.2 cm³/mol. The number of nitrogens with zero attached hydrogens (tertiary/aromatic N) is 2. The molecular weight excluding hydrogens is 322 g/mol. The largest absolute Gasteiger partial charge is 0.507 e. The number of rotatable bonds is 2. The molecule has 0 aliphatic carbocycles. The molecule has 110 valence electrons. The number of halogens is 1. The number of aromatic nitrogens is 1. The topological polar surface area (TPSA) is 74.6 Å². The third kappa shape index (κ3) is 3.29. The number of pyridine rings is 1. The number of benzene rings is 1. The molecule has 0 saturated carbocycles. The lowest BCUT2D eigenvalue weighted by Crippen LogP contribution is -2.19. The number of thioether (sulfide) groups is 1. The molecule has 22 heavy (non-hydrogen) atoms. The summed E-state index contributed by atoms with van der Waals surface area (Å²) >= 11 is 6.95. The Labute approximate surface area is 135 Å². The number of phenolic OH excluding ortho intramolecular Hbond substituents is 1. The minimum Gasteiger partial charge on any atom is -0.507 e. The molecule has 1 saturated heterocycles. The minimum absolute atomic E-state index is 0.119. The highest BCUT2D eigenvalue weighted by Gasteiger charge is 2.24. The maximum atomic E-state index is 11.9. The van der Waals surface area contributed by atoms with Crippen LogP contribution in [0.2, 0.25) is 5.02 Å². The van der Waals surface area contributed by atoms with Crippen LogP contribution < -0.4 is 5.32 Å². The van der Waals surface area contributed by atoms with E-state index in [9.17, 15) is 9.90 Å². The van der Waals surface area contributed by atoms with Crippen molar-refractivity contribution in [3.8, 4) is 5.75 Å². The number of carbonyl (C=O) groups excluding carboxylic acids is 1. The fourth-order valence-corrected chi connectivity index (χ4v) is 2.70. The van der Waals surface area contributed by atoms with Crippen LogP contribution in [0.15, 0.2) is 52.5 Å². The highest BCUT2D eigenvalue weighted by Crippen LogP contribution is 2.29. The van der Waals surface area contributed by atoms with Gasteiger partial charge in [-0.1, -0.05) is 29.8 Å². The van der Waals surface area contributed by atoms with Gasteiger partial charge in [0.2, 0.25) is 0 Å². The number of hydrogen-bond acceptors (Lipinski definition) is 5. The SMILES string of the molecule is O=C1NC(=Nc2ccc(Cl)cn2)S/C1=C\c1ccccc1O. The van der Waals surface area contributed by atoms with Crippen molar-refractivity contribution in [1.29, 1.82) is 0 Å². The van der Waals surface area contributed by atoms with Gasteiger partial charge in [0.1, 0.15) is 5.75 Å². The summed E-state index contributed by atoms with van der Waals surface area (Å²) in [4.78, 5) is 20.7. The Bertz CT molecular complexity index is 788. The Morgan fingerprint density at radius 1 is 1.27 bits per heavy atom. The summed E-state index contributed by atoms with van der Waals surface area (Å²) in [5.41, 5.74) is 0.575. The summed E-state index contributed by atoms with van der Waals surface area (Å²) in [5, 5.41) is 13.4. The van der Waals surface area contributed by atoms with E-state index >= 15 is 0 Å². The van der Waals surface area contributed by atoms with Crippen LogP contribution in [0, 0.1) is 0 Å². The van der Waals surface area contributed by atoms with Crippen molar-refractivity contribution in [2.24, 2.45) is 4.99 Å². The number of nitrogens with one attached hydrogen (secondary N) is 1. The molecular formula is C15H10ClN3O2S. The van der Waals surface area contributed by atoms with Crippen molar-refractivity contribution in [3.05, 3.63) is 58.1 Å². The van der Waals surface area contributed by atoms with Crippen LogP contribution in [0.1, 0.15) is 5.56 Å². The maximum Gasteiger partial charge on any atom is 0.264 e. The third-order valence-corrected chi connectivity index (χ3v) is 3.94. The van der Waals surface area contributed by atoms with Crippen molar-refractivity contribution in [1.82, 2.24) is 10.3 Å². The van der Waals surface area contributed by atoms with Gasteiger partial charge in [-0.3, -0.25) is 4.79 Å². The standard InChI is InChI=1S/C15H10ClN3O2S/c16-10-5-6-13(17-8-10)18-15-19-14(21)12(22-15)7-9-3-1-2-4-11(9)20/h1-8,20H,(H,17,18,19,21)/b12-7-. The number of carbonyl (C=O) groups is 1. The summed E-state index contributed by atoms with van der Waals surface area (Å²) in [6.07, 6.45) is 3.11. The van der Waals surface area contributed by atoms with E-state index in [4.69, 9.17) is 11.6 Å².